The summed E-state index contributed by atoms with van der Waals surface area (Å²) >= 11 is 0. The third-order valence-electron chi connectivity index (χ3n) is 8.27. The third kappa shape index (κ3) is 9.25. The summed E-state index contributed by atoms with van der Waals surface area (Å²) < 4.78 is 36.4. The lowest BCUT2D eigenvalue weighted by atomic mass is 10.2. The number of benzene rings is 6. The molecule has 276 valence electrons. The van der Waals surface area contributed by atoms with Crippen LogP contribution in [-0.2, 0) is 19.3 Å². The molecule has 0 saturated heterocycles. The monoisotopic (exact) mass is 777 g/mol. The minimum absolute atomic E-state index is 0.530. The topological polar surface area (TPSA) is 74.2 Å². The van der Waals surface area contributed by atoms with Crippen LogP contribution in [0.1, 0.15) is 37.5 Å². The first-order valence-electron chi connectivity index (χ1n) is 17.9. The molecule has 2 unspecified atom stereocenters. The van der Waals surface area contributed by atoms with E-state index in [0.717, 1.165) is 19.3 Å². The fourth-order valence-corrected chi connectivity index (χ4v) is 12.7. The molecular formula is C42H42N3O6P3. The van der Waals surface area contributed by atoms with Crippen LogP contribution < -0.4 is 27.8 Å². The van der Waals surface area contributed by atoms with Gasteiger partial charge in [0.05, 0.1) is 0 Å². The van der Waals surface area contributed by atoms with Gasteiger partial charge in [-0.15, -0.1) is 4.52 Å². The average molecular weight is 778 g/mol. The van der Waals surface area contributed by atoms with Gasteiger partial charge < -0.3 is 27.8 Å². The summed E-state index contributed by atoms with van der Waals surface area (Å²) in [6.07, 6.45) is 2.67. The van der Waals surface area contributed by atoms with E-state index in [1.54, 1.807) is 9.21 Å². The molecule has 7 rings (SSSR count). The van der Waals surface area contributed by atoms with Crippen molar-refractivity contribution < 1.29 is 27.8 Å². The second-order valence-corrected chi connectivity index (χ2v) is 17.6. The highest BCUT2D eigenvalue weighted by molar-refractivity contribution is 7.78. The Balaban J connectivity index is 1.46. The molecule has 0 bridgehead atoms. The van der Waals surface area contributed by atoms with Gasteiger partial charge in [0.25, 0.3) is 0 Å². The van der Waals surface area contributed by atoms with Crippen molar-refractivity contribution >= 4 is 24.6 Å². The minimum atomic E-state index is -3.76. The van der Waals surface area contributed by atoms with Crippen LogP contribution in [0.15, 0.2) is 168 Å². The van der Waals surface area contributed by atoms with Gasteiger partial charge >= 0.3 is 24.6 Å². The lowest BCUT2D eigenvalue weighted by Gasteiger charge is -2.43. The second-order valence-electron chi connectivity index (χ2n) is 12.1. The molecule has 12 heteroatoms. The highest BCUT2D eigenvalue weighted by atomic mass is 31.3. The molecule has 0 aromatic heterocycles. The largest absolute Gasteiger partial charge is 0.447 e. The molecule has 0 spiro atoms. The van der Waals surface area contributed by atoms with Crippen molar-refractivity contribution in [1.29, 1.82) is 0 Å². The molecule has 6 aromatic rings. The zero-order valence-corrected chi connectivity index (χ0v) is 33.0. The van der Waals surface area contributed by atoms with Crippen molar-refractivity contribution in [2.45, 2.75) is 40.0 Å². The number of hydrogen-bond donors (Lipinski definition) is 0. The molecule has 0 fully saturated rings. The Kier molecular flexibility index (Phi) is 12.5. The van der Waals surface area contributed by atoms with Crippen molar-refractivity contribution in [3.63, 3.8) is 0 Å². The van der Waals surface area contributed by atoms with Gasteiger partial charge in [0.15, 0.2) is 0 Å². The first-order valence-corrected chi connectivity index (χ1v) is 21.8. The van der Waals surface area contributed by atoms with Crippen LogP contribution in [0.25, 0.3) is 0 Å². The van der Waals surface area contributed by atoms with E-state index in [2.05, 4.69) is 32.9 Å². The quantitative estimate of drug-likeness (QED) is 0.0955. The van der Waals surface area contributed by atoms with Crippen molar-refractivity contribution in [3.05, 3.63) is 180 Å². The molecular weight excluding hydrogens is 735 g/mol. The number of aryl methyl sites for hydroxylation is 3. The number of hydrogen-bond acceptors (Lipinski definition) is 9. The van der Waals surface area contributed by atoms with E-state index in [1.165, 1.54) is 16.7 Å². The van der Waals surface area contributed by atoms with Crippen molar-refractivity contribution in [2.24, 2.45) is 4.52 Å². The molecule has 1 aliphatic rings. The third-order valence-corrected chi connectivity index (χ3v) is 15.1. The maximum Gasteiger partial charge on any atom is 0.447 e. The zero-order chi connectivity index (χ0) is 37.2. The smallest absolute Gasteiger partial charge is 0.440 e. The summed E-state index contributed by atoms with van der Waals surface area (Å²) in [7, 11) is -7.97. The minimum Gasteiger partial charge on any atom is -0.440 e. The van der Waals surface area contributed by atoms with Gasteiger partial charge in [-0.2, -0.15) is 0 Å². The van der Waals surface area contributed by atoms with Crippen LogP contribution in [0.5, 0.6) is 34.5 Å². The summed E-state index contributed by atoms with van der Waals surface area (Å²) in [5.74, 6) is 3.36. The SMILES string of the molecule is CCc1ccc(ON2P(Oc3ccccc3)N=P(Oc3ccccc3)(Oc3ccccc3)N(Oc3ccc(CC)cc3)P2Oc2ccc(CC)cc2)cc1. The van der Waals surface area contributed by atoms with Crippen molar-refractivity contribution in [1.82, 2.24) is 9.21 Å². The normalized spacial score (nSPS) is 16.8. The second kappa shape index (κ2) is 18.0. The Morgan fingerprint density at radius 3 is 1.28 bits per heavy atom. The van der Waals surface area contributed by atoms with Crippen LogP contribution in [0.2, 0.25) is 0 Å². The predicted molar refractivity (Wildman–Crippen MR) is 217 cm³/mol. The molecule has 9 nitrogen and oxygen atoms in total. The fraction of sp³-hybridized carbons (Fsp3) is 0.143. The van der Waals surface area contributed by atoms with Crippen LogP contribution in [0.4, 0.5) is 0 Å². The van der Waals surface area contributed by atoms with Gasteiger partial charge in [0.2, 0.25) is 0 Å². The first kappa shape index (κ1) is 37.4. The van der Waals surface area contributed by atoms with Gasteiger partial charge in [0, 0.05) is 9.21 Å². The molecule has 0 radical (unpaired) electrons. The molecule has 0 N–H and O–H groups in total. The summed E-state index contributed by atoms with van der Waals surface area (Å²) in [4.78, 5) is 13.7. The Morgan fingerprint density at radius 1 is 0.444 bits per heavy atom. The van der Waals surface area contributed by atoms with E-state index in [4.69, 9.17) is 32.3 Å². The number of nitrogens with zero attached hydrogens (tertiary/aromatic N) is 3. The van der Waals surface area contributed by atoms with E-state index < -0.39 is 24.6 Å². The Hall–Kier alpha value is -4.87. The lowest BCUT2D eigenvalue weighted by Crippen LogP contribution is -2.37. The Morgan fingerprint density at radius 2 is 0.833 bits per heavy atom. The van der Waals surface area contributed by atoms with Crippen LogP contribution in [0, 0.1) is 0 Å². The molecule has 2 atom stereocenters. The van der Waals surface area contributed by atoms with E-state index in [1.807, 2.05) is 152 Å². The Bertz CT molecular complexity index is 2070. The summed E-state index contributed by atoms with van der Waals surface area (Å²) in [6, 6.07) is 52.3. The van der Waals surface area contributed by atoms with Crippen LogP contribution in [0.3, 0.4) is 0 Å². The highest BCUT2D eigenvalue weighted by Crippen LogP contribution is 2.77. The Labute approximate surface area is 320 Å². The van der Waals surface area contributed by atoms with E-state index in [-0.39, 0.29) is 0 Å². The number of para-hydroxylation sites is 3. The maximum absolute atomic E-state index is 7.02. The molecule has 1 aliphatic heterocycles. The highest BCUT2D eigenvalue weighted by Gasteiger charge is 2.58. The molecule has 1 heterocycles. The standard InChI is InChI=1S/C42H42N3O6P3/c1-4-34-22-28-37(29-23-34)46-44-52(48-39-16-10-7-11-17-39)43-54(50-41-18-12-8-13-19-41,51-42-20-14-9-15-21-42)45(47-38-30-24-35(5-2)25-31-38)53(44)49-40-32-26-36(6-3)27-33-40/h7-33H,4-6H2,1-3H3. The first-order chi connectivity index (χ1) is 26.5. The van der Waals surface area contributed by atoms with Crippen LogP contribution >= 0.6 is 24.6 Å². The molecule has 0 aliphatic carbocycles. The van der Waals surface area contributed by atoms with Gasteiger partial charge in [-0.05, 0) is 109 Å². The summed E-state index contributed by atoms with van der Waals surface area (Å²) in [5, 5.41) is 0. The zero-order valence-electron chi connectivity index (χ0n) is 30.3. The summed E-state index contributed by atoms with van der Waals surface area (Å²) in [5.41, 5.74) is 3.53. The fourth-order valence-electron chi connectivity index (χ4n) is 5.25. The van der Waals surface area contributed by atoms with Gasteiger partial charge in [0.1, 0.15) is 34.5 Å². The van der Waals surface area contributed by atoms with Gasteiger partial charge in [-0.1, -0.05) is 112 Å². The van der Waals surface area contributed by atoms with Crippen molar-refractivity contribution in [2.75, 3.05) is 0 Å². The van der Waals surface area contributed by atoms with E-state index >= 15 is 0 Å². The average Bonchev–Trinajstić information content (AvgIpc) is 3.22. The van der Waals surface area contributed by atoms with Crippen LogP contribution in [-0.4, -0.2) is 9.21 Å². The van der Waals surface area contributed by atoms with Gasteiger partial charge in [-0.25, -0.2) is 0 Å². The predicted octanol–water partition coefficient (Wildman–Crippen LogP) is 13.0. The molecule has 6 aromatic carbocycles. The molecule has 0 saturated carbocycles. The van der Waals surface area contributed by atoms with E-state index in [9.17, 15) is 0 Å². The van der Waals surface area contributed by atoms with Gasteiger partial charge in [-0.3, -0.25) is 0 Å². The maximum atomic E-state index is 7.02. The van der Waals surface area contributed by atoms with E-state index in [0.29, 0.717) is 34.5 Å². The van der Waals surface area contributed by atoms with Crippen molar-refractivity contribution in [3.8, 4) is 34.5 Å². The molecule has 54 heavy (non-hydrogen) atoms. The summed E-state index contributed by atoms with van der Waals surface area (Å²) in [6.45, 7) is 6.36. The molecule has 0 amide bonds. The lowest BCUT2D eigenvalue weighted by molar-refractivity contribution is 0.0545. The number of rotatable bonds is 15.